The fourth-order valence-corrected chi connectivity index (χ4v) is 4.01. The average molecular weight is 552 g/mol. The number of fused-ring (bicyclic) bond motifs is 1. The molecule has 0 aliphatic rings. The van der Waals surface area contributed by atoms with Crippen LogP contribution in [-0.2, 0) is 11.4 Å². The Morgan fingerprint density at radius 3 is 2.53 bits per heavy atom. The largest absolute Gasteiger partial charge is 0.488 e. The van der Waals surface area contributed by atoms with E-state index in [1.54, 1.807) is 24.3 Å². The topological polar surface area (TPSA) is 62.1 Å². The summed E-state index contributed by atoms with van der Waals surface area (Å²) in [6.07, 6.45) is 1.49. The van der Waals surface area contributed by atoms with Gasteiger partial charge in [0.1, 0.15) is 24.0 Å². The van der Waals surface area contributed by atoms with Gasteiger partial charge in [0.25, 0.3) is 5.91 Å². The first-order chi connectivity index (χ1) is 16.4. The number of amides is 1. The number of ether oxygens (including phenoxy) is 1. The second-order valence-corrected chi connectivity index (χ2v) is 9.14. The van der Waals surface area contributed by atoms with Crippen LogP contribution in [0.1, 0.15) is 11.1 Å². The molecule has 0 heterocycles. The predicted molar refractivity (Wildman–Crippen MR) is 141 cm³/mol. The van der Waals surface area contributed by atoms with Crippen LogP contribution in [0.25, 0.3) is 16.8 Å². The number of nitrogens with zero attached hydrogens (tertiary/aromatic N) is 1. The maximum absolute atomic E-state index is 12.7. The van der Waals surface area contributed by atoms with E-state index in [4.69, 9.17) is 27.9 Å². The van der Waals surface area contributed by atoms with Gasteiger partial charge in [-0.25, -0.2) is 0 Å². The third-order valence-corrected chi connectivity index (χ3v) is 6.25. The lowest BCUT2D eigenvalue weighted by Gasteiger charge is -2.11. The minimum absolute atomic E-state index is 0.0836. The van der Waals surface area contributed by atoms with Gasteiger partial charge < -0.3 is 10.1 Å². The number of hydrogen-bond donors (Lipinski definition) is 1. The number of benzene rings is 4. The van der Waals surface area contributed by atoms with Crippen molar-refractivity contribution in [2.45, 2.75) is 6.61 Å². The molecule has 7 heteroatoms. The molecule has 0 atom stereocenters. The van der Waals surface area contributed by atoms with Crippen molar-refractivity contribution in [1.82, 2.24) is 0 Å². The van der Waals surface area contributed by atoms with Crippen molar-refractivity contribution in [1.29, 1.82) is 5.26 Å². The third-order valence-electron chi connectivity index (χ3n) is 5.02. The van der Waals surface area contributed by atoms with Crippen LogP contribution in [0.5, 0.6) is 5.75 Å². The summed E-state index contributed by atoms with van der Waals surface area (Å²) in [5, 5.41) is 15.3. The fraction of sp³-hybridized carbons (Fsp3) is 0.0370. The highest BCUT2D eigenvalue weighted by molar-refractivity contribution is 9.10. The molecular formula is C27H17BrCl2N2O2. The smallest absolute Gasteiger partial charge is 0.266 e. The first-order valence-electron chi connectivity index (χ1n) is 10.2. The van der Waals surface area contributed by atoms with Crippen LogP contribution >= 0.6 is 39.1 Å². The Labute approximate surface area is 215 Å². The maximum atomic E-state index is 12.7. The van der Waals surface area contributed by atoms with E-state index in [1.165, 1.54) is 12.1 Å². The minimum atomic E-state index is -0.568. The molecule has 0 aliphatic carbocycles. The second kappa shape index (κ2) is 10.8. The van der Waals surface area contributed by atoms with Crippen LogP contribution in [0.2, 0.25) is 10.0 Å². The number of carbonyl (C=O) groups excluding carboxylic acids is 1. The number of carbonyl (C=O) groups is 1. The van der Waals surface area contributed by atoms with E-state index < -0.39 is 5.91 Å². The SMILES string of the molecule is N#C/C(=C\c1cc(Br)ccc1OCc1ccc2ccccc2c1)C(=O)Nc1ccc(Cl)c(Cl)c1. The van der Waals surface area contributed by atoms with Gasteiger partial charge in [0.2, 0.25) is 0 Å². The molecule has 1 N–H and O–H groups in total. The molecule has 1 amide bonds. The molecule has 0 bridgehead atoms. The summed E-state index contributed by atoms with van der Waals surface area (Å²) in [5.41, 5.74) is 1.95. The molecule has 0 saturated carbocycles. The molecule has 168 valence electrons. The number of nitriles is 1. The van der Waals surface area contributed by atoms with Crippen molar-refractivity contribution in [3.8, 4) is 11.8 Å². The monoisotopic (exact) mass is 550 g/mol. The van der Waals surface area contributed by atoms with E-state index in [-0.39, 0.29) is 5.57 Å². The van der Waals surface area contributed by atoms with Crippen LogP contribution in [0.3, 0.4) is 0 Å². The van der Waals surface area contributed by atoms with Gasteiger partial charge in [-0.1, -0.05) is 75.5 Å². The summed E-state index contributed by atoms with van der Waals surface area (Å²) >= 11 is 15.4. The van der Waals surface area contributed by atoms with E-state index >= 15 is 0 Å². The van der Waals surface area contributed by atoms with Crippen LogP contribution < -0.4 is 10.1 Å². The lowest BCUT2D eigenvalue weighted by molar-refractivity contribution is -0.112. The minimum Gasteiger partial charge on any atom is -0.488 e. The van der Waals surface area contributed by atoms with Crippen molar-refractivity contribution >= 4 is 67.6 Å². The zero-order chi connectivity index (χ0) is 24.1. The summed E-state index contributed by atoms with van der Waals surface area (Å²) in [6.45, 7) is 0.338. The van der Waals surface area contributed by atoms with Crippen molar-refractivity contribution in [2.24, 2.45) is 0 Å². The standard InChI is InChI=1S/C27H17BrCl2N2O2/c28-22-7-10-26(34-16-17-5-6-18-3-1-2-4-19(18)11-17)20(13-22)12-21(15-31)27(33)32-23-8-9-24(29)25(30)14-23/h1-14H,16H2,(H,32,33)/b21-12+. The molecule has 0 saturated heterocycles. The first kappa shape index (κ1) is 23.8. The lowest BCUT2D eigenvalue weighted by Crippen LogP contribution is -2.13. The predicted octanol–water partition coefficient (Wildman–Crippen LogP) is 8.03. The molecule has 4 nitrogen and oxygen atoms in total. The molecular weight excluding hydrogens is 535 g/mol. The zero-order valence-corrected chi connectivity index (χ0v) is 20.8. The van der Waals surface area contributed by atoms with E-state index in [9.17, 15) is 10.1 Å². The highest BCUT2D eigenvalue weighted by Crippen LogP contribution is 2.28. The Hall–Kier alpha value is -3.30. The quantitative estimate of drug-likeness (QED) is 0.195. The fourth-order valence-electron chi connectivity index (χ4n) is 3.33. The van der Waals surface area contributed by atoms with Crippen LogP contribution in [0, 0.1) is 11.3 Å². The Morgan fingerprint density at radius 1 is 0.971 bits per heavy atom. The summed E-state index contributed by atoms with van der Waals surface area (Å²) in [4.78, 5) is 12.7. The number of halogens is 3. The summed E-state index contributed by atoms with van der Waals surface area (Å²) < 4.78 is 6.85. The zero-order valence-electron chi connectivity index (χ0n) is 17.7. The number of rotatable bonds is 6. The number of anilines is 1. The van der Waals surface area contributed by atoms with Crippen molar-refractivity contribution in [3.05, 3.63) is 110 Å². The first-order valence-corrected chi connectivity index (χ1v) is 11.8. The van der Waals surface area contributed by atoms with Crippen molar-refractivity contribution in [3.63, 3.8) is 0 Å². The van der Waals surface area contributed by atoms with Crippen LogP contribution in [0.4, 0.5) is 5.69 Å². The van der Waals surface area contributed by atoms with Crippen molar-refractivity contribution in [2.75, 3.05) is 5.32 Å². The molecule has 0 aromatic heterocycles. The molecule has 34 heavy (non-hydrogen) atoms. The van der Waals surface area contributed by atoms with Crippen LogP contribution in [-0.4, -0.2) is 5.91 Å². The molecule has 0 unspecified atom stereocenters. The summed E-state index contributed by atoms with van der Waals surface area (Å²) in [5.74, 6) is -0.0206. The Bertz CT molecular complexity index is 1460. The molecule has 4 rings (SSSR count). The van der Waals surface area contributed by atoms with E-state index in [2.05, 4.69) is 45.5 Å². The summed E-state index contributed by atoms with van der Waals surface area (Å²) in [7, 11) is 0. The van der Waals surface area contributed by atoms with Gasteiger partial charge in [0.15, 0.2) is 0 Å². The average Bonchev–Trinajstić information content (AvgIpc) is 2.84. The molecule has 0 spiro atoms. The molecule has 0 fully saturated rings. The second-order valence-electron chi connectivity index (χ2n) is 7.41. The number of nitrogens with one attached hydrogen (secondary N) is 1. The summed E-state index contributed by atoms with van der Waals surface area (Å²) in [6, 6.07) is 26.3. The van der Waals surface area contributed by atoms with Gasteiger partial charge in [-0.2, -0.15) is 5.26 Å². The van der Waals surface area contributed by atoms with E-state index in [1.807, 2.05) is 30.3 Å². The highest BCUT2D eigenvalue weighted by atomic mass is 79.9. The molecule has 0 radical (unpaired) electrons. The van der Waals surface area contributed by atoms with E-state index in [0.29, 0.717) is 33.7 Å². The molecule has 0 aliphatic heterocycles. The van der Waals surface area contributed by atoms with Gasteiger partial charge >= 0.3 is 0 Å². The Kier molecular flexibility index (Phi) is 7.54. The normalized spacial score (nSPS) is 11.2. The van der Waals surface area contributed by atoms with Gasteiger partial charge in [-0.05, 0) is 64.9 Å². The Morgan fingerprint density at radius 2 is 1.76 bits per heavy atom. The highest BCUT2D eigenvalue weighted by Gasteiger charge is 2.13. The van der Waals surface area contributed by atoms with Gasteiger partial charge in [0.05, 0.1) is 10.0 Å². The lowest BCUT2D eigenvalue weighted by atomic mass is 10.1. The third kappa shape index (κ3) is 5.78. The number of hydrogen-bond acceptors (Lipinski definition) is 3. The molecule has 4 aromatic carbocycles. The van der Waals surface area contributed by atoms with Gasteiger partial charge in [-0.3, -0.25) is 4.79 Å². The van der Waals surface area contributed by atoms with Crippen molar-refractivity contribution < 1.29 is 9.53 Å². The maximum Gasteiger partial charge on any atom is 0.266 e. The Balaban J connectivity index is 1.56. The van der Waals surface area contributed by atoms with Gasteiger partial charge in [-0.15, -0.1) is 0 Å². The van der Waals surface area contributed by atoms with Gasteiger partial charge in [0, 0.05) is 15.7 Å². The van der Waals surface area contributed by atoms with Crippen LogP contribution in [0.15, 0.2) is 88.9 Å². The van der Waals surface area contributed by atoms with E-state index in [0.717, 1.165) is 20.8 Å². The molecule has 4 aromatic rings.